The number of aliphatic imine (C=N–C) groups is 1. The molecule has 2 heterocycles. The molecule has 0 spiro atoms. The van der Waals surface area contributed by atoms with Crippen LogP contribution in [-0.2, 0) is 6.42 Å². The van der Waals surface area contributed by atoms with Crippen molar-refractivity contribution in [2.75, 3.05) is 13.1 Å². The van der Waals surface area contributed by atoms with E-state index in [1.54, 1.807) is 6.20 Å². The van der Waals surface area contributed by atoms with Crippen LogP contribution in [0.3, 0.4) is 0 Å². The summed E-state index contributed by atoms with van der Waals surface area (Å²) in [6.45, 7) is 3.77. The van der Waals surface area contributed by atoms with E-state index in [1.165, 1.54) is 5.56 Å². The summed E-state index contributed by atoms with van der Waals surface area (Å²) in [6.07, 6.45) is 2.60. The molecule has 0 saturated heterocycles. The Balaban J connectivity index is 2.04. The van der Waals surface area contributed by atoms with E-state index in [0.29, 0.717) is 0 Å². The highest BCUT2D eigenvalue weighted by atomic mass is 79.9. The highest BCUT2D eigenvalue weighted by Crippen LogP contribution is 2.26. The van der Waals surface area contributed by atoms with Gasteiger partial charge in [0.2, 0.25) is 0 Å². The van der Waals surface area contributed by atoms with Crippen LogP contribution in [0.5, 0.6) is 0 Å². The molecule has 0 aliphatic carbocycles. The number of aryl methyl sites for hydroxylation is 1. The molecule has 1 aromatic heterocycles. The normalized spacial score (nSPS) is 14.7. The summed E-state index contributed by atoms with van der Waals surface area (Å²) in [5.74, 6) is 1.05. The van der Waals surface area contributed by atoms with Gasteiger partial charge in [-0.1, -0.05) is 6.07 Å². The summed E-state index contributed by atoms with van der Waals surface area (Å²) in [4.78, 5) is 13.3. The monoisotopic (exact) mass is 304 g/mol. The summed E-state index contributed by atoms with van der Waals surface area (Å²) in [7, 11) is 0. The fourth-order valence-corrected chi connectivity index (χ4v) is 2.62. The molecule has 5 heteroatoms. The van der Waals surface area contributed by atoms with Crippen LogP contribution in [0.15, 0.2) is 27.8 Å². The van der Waals surface area contributed by atoms with Gasteiger partial charge in [-0.15, -0.1) is 0 Å². The summed E-state index contributed by atoms with van der Waals surface area (Å²) in [5.41, 5.74) is 3.95. The summed E-state index contributed by atoms with van der Waals surface area (Å²) >= 11 is 3.64. The standard InChI is InChI=1S/C13H13BrN4/c1-8-7-17-10-3-2-9(12(14)13(10)18-8)6-11-15-4-5-16-11/h2-3,7H,4-6H2,1H3,(H,15,16). The predicted molar refractivity (Wildman–Crippen MR) is 76.0 cm³/mol. The zero-order valence-electron chi connectivity index (χ0n) is 10.1. The second kappa shape index (κ2) is 4.65. The number of rotatable bonds is 2. The van der Waals surface area contributed by atoms with Crippen molar-refractivity contribution in [3.63, 3.8) is 0 Å². The smallest absolute Gasteiger partial charge is 0.103 e. The molecule has 1 aliphatic heterocycles. The van der Waals surface area contributed by atoms with E-state index in [4.69, 9.17) is 0 Å². The minimum atomic E-state index is 0.812. The maximum atomic E-state index is 4.54. The van der Waals surface area contributed by atoms with E-state index in [1.807, 2.05) is 13.0 Å². The molecule has 1 aliphatic rings. The van der Waals surface area contributed by atoms with Gasteiger partial charge in [-0.25, -0.2) is 4.98 Å². The van der Waals surface area contributed by atoms with Crippen molar-refractivity contribution in [2.45, 2.75) is 13.3 Å². The molecule has 4 nitrogen and oxygen atoms in total. The van der Waals surface area contributed by atoms with Gasteiger partial charge in [-0.05, 0) is 34.5 Å². The van der Waals surface area contributed by atoms with Crippen molar-refractivity contribution < 1.29 is 0 Å². The van der Waals surface area contributed by atoms with Crippen molar-refractivity contribution in [3.05, 3.63) is 34.1 Å². The zero-order valence-corrected chi connectivity index (χ0v) is 11.7. The third-order valence-electron chi connectivity index (χ3n) is 2.95. The van der Waals surface area contributed by atoms with E-state index in [-0.39, 0.29) is 0 Å². The van der Waals surface area contributed by atoms with Crippen molar-refractivity contribution in [1.82, 2.24) is 15.3 Å². The number of nitrogens with one attached hydrogen (secondary N) is 1. The van der Waals surface area contributed by atoms with Gasteiger partial charge in [0.1, 0.15) is 11.4 Å². The third kappa shape index (κ3) is 2.10. The van der Waals surface area contributed by atoms with Crippen LogP contribution in [0.25, 0.3) is 11.0 Å². The first-order chi connectivity index (χ1) is 8.74. The van der Waals surface area contributed by atoms with Gasteiger partial charge in [-0.2, -0.15) is 0 Å². The Morgan fingerprint density at radius 3 is 3.06 bits per heavy atom. The molecule has 18 heavy (non-hydrogen) atoms. The molecule has 2 aromatic rings. The van der Waals surface area contributed by atoms with Crippen molar-refractivity contribution in [2.24, 2.45) is 4.99 Å². The average molecular weight is 305 g/mol. The molecule has 1 N–H and O–H groups in total. The average Bonchev–Trinajstić information content (AvgIpc) is 2.86. The first-order valence-electron chi connectivity index (χ1n) is 5.92. The maximum absolute atomic E-state index is 4.54. The van der Waals surface area contributed by atoms with E-state index in [0.717, 1.165) is 46.5 Å². The van der Waals surface area contributed by atoms with Gasteiger partial charge in [-0.3, -0.25) is 9.98 Å². The molecule has 1 aromatic carbocycles. The summed E-state index contributed by atoms with van der Waals surface area (Å²) < 4.78 is 1.02. The van der Waals surface area contributed by atoms with E-state index < -0.39 is 0 Å². The Morgan fingerprint density at radius 2 is 2.28 bits per heavy atom. The Kier molecular flexibility index (Phi) is 2.99. The fraction of sp³-hybridized carbons (Fsp3) is 0.308. The van der Waals surface area contributed by atoms with Crippen LogP contribution in [0.1, 0.15) is 11.3 Å². The number of hydrogen-bond acceptors (Lipinski definition) is 4. The molecular weight excluding hydrogens is 292 g/mol. The van der Waals surface area contributed by atoms with Crippen molar-refractivity contribution in [1.29, 1.82) is 0 Å². The fourth-order valence-electron chi connectivity index (χ4n) is 2.06. The molecule has 0 saturated carbocycles. The number of aromatic nitrogens is 2. The van der Waals surface area contributed by atoms with Crippen molar-refractivity contribution >= 4 is 32.8 Å². The SMILES string of the molecule is Cc1cnc2ccc(CC3=NCCN3)c(Br)c2n1. The predicted octanol–water partition coefficient (Wildman–Crippen LogP) is 2.24. The van der Waals surface area contributed by atoms with Gasteiger partial charge in [0.05, 0.1) is 17.8 Å². The van der Waals surface area contributed by atoms with Crippen LogP contribution in [-0.4, -0.2) is 28.9 Å². The van der Waals surface area contributed by atoms with Gasteiger partial charge in [0.25, 0.3) is 0 Å². The van der Waals surface area contributed by atoms with Crippen molar-refractivity contribution in [3.8, 4) is 0 Å². The molecule has 3 rings (SSSR count). The molecule has 0 atom stereocenters. The lowest BCUT2D eigenvalue weighted by atomic mass is 10.1. The number of amidine groups is 1. The maximum Gasteiger partial charge on any atom is 0.103 e. The molecule has 0 unspecified atom stereocenters. The Morgan fingerprint density at radius 1 is 1.39 bits per heavy atom. The number of benzene rings is 1. The second-order valence-electron chi connectivity index (χ2n) is 4.35. The van der Waals surface area contributed by atoms with Crippen LogP contribution in [0, 0.1) is 6.92 Å². The lowest BCUT2D eigenvalue weighted by Crippen LogP contribution is -2.20. The topological polar surface area (TPSA) is 50.2 Å². The van der Waals surface area contributed by atoms with Crippen LogP contribution < -0.4 is 5.32 Å². The van der Waals surface area contributed by atoms with Crippen LogP contribution in [0.4, 0.5) is 0 Å². The lowest BCUT2D eigenvalue weighted by Gasteiger charge is -2.08. The van der Waals surface area contributed by atoms with Gasteiger partial charge >= 0.3 is 0 Å². The van der Waals surface area contributed by atoms with Gasteiger partial charge in [0, 0.05) is 23.6 Å². The van der Waals surface area contributed by atoms with E-state index in [2.05, 4.69) is 42.3 Å². The highest BCUT2D eigenvalue weighted by molar-refractivity contribution is 9.10. The molecule has 0 radical (unpaired) electrons. The minimum Gasteiger partial charge on any atom is -0.372 e. The lowest BCUT2D eigenvalue weighted by molar-refractivity contribution is 0.953. The number of hydrogen-bond donors (Lipinski definition) is 1. The third-order valence-corrected chi connectivity index (χ3v) is 3.84. The molecule has 0 amide bonds. The minimum absolute atomic E-state index is 0.812. The quantitative estimate of drug-likeness (QED) is 0.926. The number of halogens is 1. The van der Waals surface area contributed by atoms with Crippen LogP contribution >= 0.6 is 15.9 Å². The van der Waals surface area contributed by atoms with Crippen LogP contribution in [0.2, 0.25) is 0 Å². The Labute approximate surface area is 114 Å². The summed E-state index contributed by atoms with van der Waals surface area (Å²) in [6, 6.07) is 4.09. The summed E-state index contributed by atoms with van der Waals surface area (Å²) in [5, 5.41) is 3.28. The molecule has 0 fully saturated rings. The second-order valence-corrected chi connectivity index (χ2v) is 5.14. The largest absolute Gasteiger partial charge is 0.372 e. The zero-order chi connectivity index (χ0) is 12.5. The van der Waals surface area contributed by atoms with Gasteiger partial charge < -0.3 is 5.32 Å². The molecular formula is C13H13BrN4. The number of fused-ring (bicyclic) bond motifs is 1. The molecule has 92 valence electrons. The number of nitrogens with zero attached hydrogens (tertiary/aromatic N) is 3. The van der Waals surface area contributed by atoms with Gasteiger partial charge in [0.15, 0.2) is 0 Å². The van der Waals surface area contributed by atoms with E-state index >= 15 is 0 Å². The first kappa shape index (κ1) is 11.6. The highest BCUT2D eigenvalue weighted by Gasteiger charge is 2.12. The molecule has 0 bridgehead atoms. The Bertz CT molecular complexity index is 636. The first-order valence-corrected chi connectivity index (χ1v) is 6.71. The van der Waals surface area contributed by atoms with E-state index in [9.17, 15) is 0 Å². The Hall–Kier alpha value is -1.49.